The predicted molar refractivity (Wildman–Crippen MR) is 62.7 cm³/mol. The molecule has 0 radical (unpaired) electrons. The summed E-state index contributed by atoms with van der Waals surface area (Å²) in [6, 6.07) is 6.06. The zero-order chi connectivity index (χ0) is 10.7. The van der Waals surface area contributed by atoms with E-state index in [0.29, 0.717) is 6.54 Å². The fourth-order valence-corrected chi connectivity index (χ4v) is 1.68. The van der Waals surface area contributed by atoms with Gasteiger partial charge in [0.05, 0.1) is 12.7 Å². The first-order valence-electron chi connectivity index (χ1n) is 4.64. The summed E-state index contributed by atoms with van der Waals surface area (Å²) < 4.78 is 6.24. The van der Waals surface area contributed by atoms with Gasteiger partial charge in [0.25, 0.3) is 0 Å². The number of oxazole rings is 1. The first-order valence-corrected chi connectivity index (χ1v) is 5.43. The van der Waals surface area contributed by atoms with E-state index in [0.717, 1.165) is 15.9 Å². The van der Waals surface area contributed by atoms with Gasteiger partial charge in [0.2, 0.25) is 0 Å². The van der Waals surface area contributed by atoms with Gasteiger partial charge in [0.1, 0.15) is 5.76 Å². The highest BCUT2D eigenvalue weighted by Gasteiger charge is 2.02. The van der Waals surface area contributed by atoms with Crippen molar-refractivity contribution in [3.05, 3.63) is 46.6 Å². The second kappa shape index (κ2) is 4.49. The molecule has 0 bridgehead atoms. The lowest BCUT2D eigenvalue weighted by Gasteiger charge is -2.08. The molecule has 3 nitrogen and oxygen atoms in total. The molecule has 1 N–H and O–H groups in total. The Balaban J connectivity index is 2.08. The van der Waals surface area contributed by atoms with Crippen LogP contribution in [-0.4, -0.2) is 4.98 Å². The summed E-state index contributed by atoms with van der Waals surface area (Å²) in [6.45, 7) is 2.71. The van der Waals surface area contributed by atoms with E-state index in [9.17, 15) is 0 Å². The monoisotopic (exact) mass is 266 g/mol. The Morgan fingerprint density at radius 2 is 2.33 bits per heavy atom. The van der Waals surface area contributed by atoms with Gasteiger partial charge in [-0.3, -0.25) is 0 Å². The van der Waals surface area contributed by atoms with Crippen LogP contribution in [0.25, 0.3) is 0 Å². The summed E-state index contributed by atoms with van der Waals surface area (Å²) in [5.74, 6) is 0.828. The van der Waals surface area contributed by atoms with E-state index in [2.05, 4.69) is 33.2 Å². The normalized spacial score (nSPS) is 10.3. The SMILES string of the molecule is Cc1c(Br)cccc1NCc1cnco1. The Labute approximate surface area is 96.6 Å². The number of hydrogen-bond donors (Lipinski definition) is 1. The molecular weight excluding hydrogens is 256 g/mol. The van der Waals surface area contributed by atoms with Gasteiger partial charge >= 0.3 is 0 Å². The van der Waals surface area contributed by atoms with E-state index in [4.69, 9.17) is 4.42 Å². The van der Waals surface area contributed by atoms with Gasteiger partial charge < -0.3 is 9.73 Å². The standard InChI is InChI=1S/C11H11BrN2O/c1-8-10(12)3-2-4-11(8)14-6-9-5-13-7-15-9/h2-5,7,14H,6H2,1H3. The maximum Gasteiger partial charge on any atom is 0.180 e. The first-order chi connectivity index (χ1) is 7.27. The molecule has 0 amide bonds. The van der Waals surface area contributed by atoms with Gasteiger partial charge in [-0.15, -0.1) is 0 Å². The molecule has 78 valence electrons. The molecule has 4 heteroatoms. The van der Waals surface area contributed by atoms with E-state index in [-0.39, 0.29) is 0 Å². The van der Waals surface area contributed by atoms with Crippen molar-refractivity contribution in [3.63, 3.8) is 0 Å². The molecule has 2 rings (SSSR count). The highest BCUT2D eigenvalue weighted by atomic mass is 79.9. The van der Waals surface area contributed by atoms with Crippen LogP contribution in [0, 0.1) is 6.92 Å². The Morgan fingerprint density at radius 3 is 3.07 bits per heavy atom. The second-order valence-corrected chi connectivity index (χ2v) is 4.09. The van der Waals surface area contributed by atoms with Crippen LogP contribution in [-0.2, 0) is 6.54 Å². The van der Waals surface area contributed by atoms with E-state index >= 15 is 0 Å². The van der Waals surface area contributed by atoms with Crippen LogP contribution >= 0.6 is 15.9 Å². The van der Waals surface area contributed by atoms with Crippen molar-refractivity contribution in [2.24, 2.45) is 0 Å². The molecule has 0 spiro atoms. The first kappa shape index (κ1) is 10.2. The summed E-state index contributed by atoms with van der Waals surface area (Å²) in [4.78, 5) is 3.86. The van der Waals surface area contributed by atoms with E-state index < -0.39 is 0 Å². The van der Waals surface area contributed by atoms with Crippen LogP contribution in [0.15, 0.2) is 39.7 Å². The molecule has 0 unspecified atom stereocenters. The number of benzene rings is 1. The summed E-state index contributed by atoms with van der Waals surface area (Å²) in [5.41, 5.74) is 2.29. The average molecular weight is 267 g/mol. The molecule has 0 aliphatic carbocycles. The molecular formula is C11H11BrN2O. The quantitative estimate of drug-likeness (QED) is 0.926. The largest absolute Gasteiger partial charge is 0.447 e. The third-order valence-electron chi connectivity index (χ3n) is 2.20. The van der Waals surface area contributed by atoms with Gasteiger partial charge in [-0.1, -0.05) is 22.0 Å². The molecule has 1 aromatic heterocycles. The van der Waals surface area contributed by atoms with Crippen molar-refractivity contribution >= 4 is 21.6 Å². The van der Waals surface area contributed by atoms with Crippen LogP contribution in [0.1, 0.15) is 11.3 Å². The van der Waals surface area contributed by atoms with Gasteiger partial charge in [-0.05, 0) is 24.6 Å². The lowest BCUT2D eigenvalue weighted by atomic mass is 10.2. The molecule has 1 heterocycles. The number of rotatable bonds is 3. The number of halogens is 1. The minimum atomic E-state index is 0.650. The highest BCUT2D eigenvalue weighted by molar-refractivity contribution is 9.10. The summed E-state index contributed by atoms with van der Waals surface area (Å²) >= 11 is 3.49. The maximum absolute atomic E-state index is 5.14. The highest BCUT2D eigenvalue weighted by Crippen LogP contribution is 2.23. The number of nitrogens with zero attached hydrogens (tertiary/aromatic N) is 1. The van der Waals surface area contributed by atoms with Crippen LogP contribution < -0.4 is 5.32 Å². The Kier molecular flexibility index (Phi) is 3.06. The molecule has 0 atom stereocenters. The molecule has 0 aliphatic heterocycles. The van der Waals surface area contributed by atoms with Crippen LogP contribution in [0.3, 0.4) is 0 Å². The van der Waals surface area contributed by atoms with Gasteiger partial charge in [0.15, 0.2) is 6.39 Å². The summed E-state index contributed by atoms with van der Waals surface area (Å²) in [5, 5.41) is 3.29. The van der Waals surface area contributed by atoms with E-state index in [1.54, 1.807) is 6.20 Å². The minimum Gasteiger partial charge on any atom is -0.447 e. The second-order valence-electron chi connectivity index (χ2n) is 3.23. The Hall–Kier alpha value is -1.29. The number of nitrogens with one attached hydrogen (secondary N) is 1. The van der Waals surface area contributed by atoms with Gasteiger partial charge in [0, 0.05) is 10.2 Å². The minimum absolute atomic E-state index is 0.650. The smallest absolute Gasteiger partial charge is 0.180 e. The topological polar surface area (TPSA) is 38.1 Å². The van der Waals surface area contributed by atoms with Crippen molar-refractivity contribution in [2.45, 2.75) is 13.5 Å². The molecule has 2 aromatic rings. The van der Waals surface area contributed by atoms with Crippen molar-refractivity contribution in [3.8, 4) is 0 Å². The Bertz CT molecular complexity index is 440. The molecule has 1 aromatic carbocycles. The van der Waals surface area contributed by atoms with Crippen LogP contribution in [0.2, 0.25) is 0 Å². The molecule has 0 saturated heterocycles. The number of aromatic nitrogens is 1. The Morgan fingerprint density at radius 1 is 1.47 bits per heavy atom. The van der Waals surface area contributed by atoms with E-state index in [1.165, 1.54) is 12.0 Å². The van der Waals surface area contributed by atoms with Gasteiger partial charge in [-0.25, -0.2) is 4.98 Å². The third-order valence-corrected chi connectivity index (χ3v) is 3.06. The fraction of sp³-hybridized carbons (Fsp3) is 0.182. The lowest BCUT2D eigenvalue weighted by Crippen LogP contribution is -2.00. The molecule has 0 fully saturated rings. The molecule has 0 saturated carbocycles. The predicted octanol–water partition coefficient (Wildman–Crippen LogP) is 3.36. The molecule has 15 heavy (non-hydrogen) atoms. The third kappa shape index (κ3) is 2.39. The zero-order valence-electron chi connectivity index (χ0n) is 8.33. The summed E-state index contributed by atoms with van der Waals surface area (Å²) in [6.07, 6.45) is 3.14. The lowest BCUT2D eigenvalue weighted by molar-refractivity contribution is 0.511. The van der Waals surface area contributed by atoms with Crippen molar-refractivity contribution in [1.29, 1.82) is 0 Å². The number of anilines is 1. The van der Waals surface area contributed by atoms with E-state index in [1.807, 2.05) is 18.2 Å². The van der Waals surface area contributed by atoms with Crippen LogP contribution in [0.4, 0.5) is 5.69 Å². The zero-order valence-corrected chi connectivity index (χ0v) is 9.91. The van der Waals surface area contributed by atoms with Crippen molar-refractivity contribution in [1.82, 2.24) is 4.98 Å². The molecule has 0 aliphatic rings. The van der Waals surface area contributed by atoms with Crippen LogP contribution in [0.5, 0.6) is 0 Å². The number of hydrogen-bond acceptors (Lipinski definition) is 3. The fourth-order valence-electron chi connectivity index (χ4n) is 1.31. The van der Waals surface area contributed by atoms with Gasteiger partial charge in [-0.2, -0.15) is 0 Å². The van der Waals surface area contributed by atoms with Crippen molar-refractivity contribution in [2.75, 3.05) is 5.32 Å². The summed E-state index contributed by atoms with van der Waals surface area (Å²) in [7, 11) is 0. The van der Waals surface area contributed by atoms with Crippen molar-refractivity contribution < 1.29 is 4.42 Å². The average Bonchev–Trinajstić information content (AvgIpc) is 2.73. The maximum atomic E-state index is 5.14.